The molecule has 2 aromatic rings. The molecule has 8 nitrogen and oxygen atoms in total. The highest BCUT2D eigenvalue weighted by Crippen LogP contribution is 2.42. The Bertz CT molecular complexity index is 988. The van der Waals surface area contributed by atoms with Gasteiger partial charge in [-0.15, -0.1) is 0 Å². The maximum atomic E-state index is 12.4. The number of anilines is 1. The molecule has 2 aromatic heterocycles. The van der Waals surface area contributed by atoms with Gasteiger partial charge in [0.25, 0.3) is 0 Å². The summed E-state index contributed by atoms with van der Waals surface area (Å²) >= 11 is 0. The normalized spacial score (nSPS) is 24.5. The van der Waals surface area contributed by atoms with Crippen molar-refractivity contribution in [3.05, 3.63) is 28.7 Å². The summed E-state index contributed by atoms with van der Waals surface area (Å²) in [6, 6.07) is -0.221. The minimum Gasteiger partial charge on any atom is -0.311 e. The molecule has 2 aliphatic rings. The average molecular weight is 377 g/mol. The van der Waals surface area contributed by atoms with Crippen molar-refractivity contribution in [1.29, 1.82) is 0 Å². The van der Waals surface area contributed by atoms with Gasteiger partial charge in [-0.05, 0) is 27.2 Å². The van der Waals surface area contributed by atoms with E-state index in [9.17, 15) is 13.2 Å². The number of nitrogens with zero attached hydrogens (tertiary/aromatic N) is 4. The summed E-state index contributed by atoms with van der Waals surface area (Å²) in [4.78, 5) is 12.4. The van der Waals surface area contributed by atoms with E-state index in [-0.39, 0.29) is 29.4 Å². The number of rotatable bonds is 3. The van der Waals surface area contributed by atoms with E-state index in [1.54, 1.807) is 4.68 Å². The Balaban J connectivity index is 1.81. The Morgan fingerprint density at radius 1 is 1.27 bits per heavy atom. The molecule has 2 unspecified atom stereocenters. The Morgan fingerprint density at radius 3 is 2.65 bits per heavy atom. The predicted molar refractivity (Wildman–Crippen MR) is 97.0 cm³/mol. The van der Waals surface area contributed by atoms with Crippen molar-refractivity contribution in [2.45, 2.75) is 52.1 Å². The monoisotopic (exact) mass is 377 g/mol. The Morgan fingerprint density at radius 2 is 2.04 bits per heavy atom. The third-order valence-corrected chi connectivity index (χ3v) is 7.12. The van der Waals surface area contributed by atoms with Crippen LogP contribution in [0.15, 0.2) is 6.20 Å². The highest BCUT2D eigenvalue weighted by atomic mass is 32.2. The summed E-state index contributed by atoms with van der Waals surface area (Å²) in [6.07, 6.45) is 2.88. The minimum absolute atomic E-state index is 0.0758. The number of aromatic nitrogens is 4. The maximum absolute atomic E-state index is 12.4. The number of sulfone groups is 1. The summed E-state index contributed by atoms with van der Waals surface area (Å²) in [6.45, 7) is 6.67. The van der Waals surface area contributed by atoms with Crippen LogP contribution < -0.4 is 5.32 Å². The van der Waals surface area contributed by atoms with E-state index >= 15 is 0 Å². The van der Waals surface area contributed by atoms with Gasteiger partial charge < -0.3 is 5.32 Å². The lowest BCUT2D eigenvalue weighted by molar-refractivity contribution is -0.116. The number of fused-ring (bicyclic) bond motifs is 1. The fraction of sp³-hybridized carbons (Fsp3) is 0.588. The smallest absolute Gasteiger partial charge is 0.226 e. The first-order valence-electron chi connectivity index (χ1n) is 8.92. The molecule has 4 rings (SSSR count). The molecule has 0 bridgehead atoms. The lowest BCUT2D eigenvalue weighted by atomic mass is 9.86. The summed E-state index contributed by atoms with van der Waals surface area (Å²) in [5.74, 6) is 0.715. The van der Waals surface area contributed by atoms with Crippen LogP contribution in [-0.2, 0) is 21.2 Å². The molecule has 1 fully saturated rings. The van der Waals surface area contributed by atoms with E-state index in [4.69, 9.17) is 0 Å². The van der Waals surface area contributed by atoms with Crippen LogP contribution in [0.25, 0.3) is 0 Å². The molecule has 2 atom stereocenters. The molecular weight excluding hydrogens is 354 g/mol. The fourth-order valence-corrected chi connectivity index (χ4v) is 5.80. The molecule has 9 heteroatoms. The van der Waals surface area contributed by atoms with E-state index in [0.29, 0.717) is 18.7 Å². The second kappa shape index (κ2) is 5.94. The Labute approximate surface area is 152 Å². The summed E-state index contributed by atoms with van der Waals surface area (Å²) in [7, 11) is -3.03. The highest BCUT2D eigenvalue weighted by Gasteiger charge is 2.38. The van der Waals surface area contributed by atoms with Gasteiger partial charge in [0.2, 0.25) is 5.91 Å². The Hall–Kier alpha value is -2.16. The van der Waals surface area contributed by atoms with E-state index in [1.165, 1.54) is 0 Å². The van der Waals surface area contributed by atoms with Crippen LogP contribution in [0, 0.1) is 13.8 Å². The van der Waals surface area contributed by atoms with Crippen LogP contribution in [0.1, 0.15) is 54.2 Å². The molecule has 0 spiro atoms. The average Bonchev–Trinajstić information content (AvgIpc) is 3.22. The van der Waals surface area contributed by atoms with E-state index in [0.717, 1.165) is 29.1 Å². The van der Waals surface area contributed by atoms with Crippen LogP contribution in [0.3, 0.4) is 0 Å². The molecule has 2 aliphatic heterocycles. The molecule has 0 aromatic carbocycles. The SMILES string of the molecule is CCn1cc(C2CC(=O)Nc3c2c(C)nn3C2CCS(=O)(=O)C2)c(C)n1. The number of hydrogen-bond donors (Lipinski definition) is 1. The van der Waals surface area contributed by atoms with Gasteiger partial charge in [-0.1, -0.05) is 0 Å². The van der Waals surface area contributed by atoms with Crippen molar-refractivity contribution in [2.75, 3.05) is 16.8 Å². The van der Waals surface area contributed by atoms with Gasteiger partial charge in [0.05, 0.1) is 28.9 Å². The number of carbonyl (C=O) groups excluding carboxylic acids is 1. The van der Waals surface area contributed by atoms with Crippen molar-refractivity contribution >= 4 is 21.6 Å². The molecule has 0 saturated carbocycles. The van der Waals surface area contributed by atoms with Crippen LogP contribution in [0.5, 0.6) is 0 Å². The molecular formula is C17H23N5O3S. The Kier molecular flexibility index (Phi) is 3.94. The third kappa shape index (κ3) is 2.74. The van der Waals surface area contributed by atoms with Gasteiger partial charge in [-0.25, -0.2) is 13.1 Å². The zero-order valence-corrected chi connectivity index (χ0v) is 16.0. The number of carbonyl (C=O) groups is 1. The molecule has 0 radical (unpaired) electrons. The van der Waals surface area contributed by atoms with Crippen molar-refractivity contribution in [3.63, 3.8) is 0 Å². The van der Waals surface area contributed by atoms with Gasteiger partial charge in [0.1, 0.15) is 5.82 Å². The molecule has 26 heavy (non-hydrogen) atoms. The molecule has 140 valence electrons. The van der Waals surface area contributed by atoms with Gasteiger partial charge in [-0.2, -0.15) is 10.2 Å². The quantitative estimate of drug-likeness (QED) is 0.875. The number of nitrogens with one attached hydrogen (secondary N) is 1. The van der Waals surface area contributed by atoms with Gasteiger partial charge in [0.15, 0.2) is 9.84 Å². The van der Waals surface area contributed by atoms with Crippen LogP contribution in [-0.4, -0.2) is 45.4 Å². The highest BCUT2D eigenvalue weighted by molar-refractivity contribution is 7.91. The zero-order chi connectivity index (χ0) is 18.6. The first-order valence-corrected chi connectivity index (χ1v) is 10.7. The molecule has 1 amide bonds. The third-order valence-electron chi connectivity index (χ3n) is 5.37. The van der Waals surface area contributed by atoms with Crippen molar-refractivity contribution in [1.82, 2.24) is 19.6 Å². The topological polar surface area (TPSA) is 98.9 Å². The number of hydrogen-bond acceptors (Lipinski definition) is 5. The first kappa shape index (κ1) is 17.3. The lowest BCUT2D eigenvalue weighted by Gasteiger charge is -2.25. The minimum atomic E-state index is -3.03. The van der Waals surface area contributed by atoms with Gasteiger partial charge in [0, 0.05) is 36.2 Å². The van der Waals surface area contributed by atoms with Crippen molar-refractivity contribution < 1.29 is 13.2 Å². The maximum Gasteiger partial charge on any atom is 0.226 e. The predicted octanol–water partition coefficient (Wildman–Crippen LogP) is 1.55. The number of aryl methyl sites for hydroxylation is 3. The van der Waals surface area contributed by atoms with Gasteiger partial charge in [-0.3, -0.25) is 9.48 Å². The second-order valence-electron chi connectivity index (χ2n) is 7.18. The van der Waals surface area contributed by atoms with E-state index in [1.807, 2.05) is 31.6 Å². The number of amides is 1. The largest absolute Gasteiger partial charge is 0.311 e. The first-order chi connectivity index (χ1) is 12.3. The van der Waals surface area contributed by atoms with E-state index in [2.05, 4.69) is 15.5 Å². The summed E-state index contributed by atoms with van der Waals surface area (Å²) in [5.41, 5.74) is 3.75. The zero-order valence-electron chi connectivity index (χ0n) is 15.2. The van der Waals surface area contributed by atoms with Crippen LogP contribution in [0.2, 0.25) is 0 Å². The second-order valence-corrected chi connectivity index (χ2v) is 9.41. The molecule has 1 saturated heterocycles. The van der Waals surface area contributed by atoms with Crippen molar-refractivity contribution in [3.8, 4) is 0 Å². The standard InChI is InChI=1S/C17H23N5O3S/c1-4-21-8-14(10(2)19-21)13-7-15(23)18-17-16(13)11(3)20-22(17)12-5-6-26(24,25)9-12/h8,12-13H,4-7,9H2,1-3H3,(H,18,23). The van der Waals surface area contributed by atoms with Gasteiger partial charge >= 0.3 is 0 Å². The molecule has 0 aliphatic carbocycles. The lowest BCUT2D eigenvalue weighted by Crippen LogP contribution is -2.26. The molecule has 1 N–H and O–H groups in total. The van der Waals surface area contributed by atoms with E-state index < -0.39 is 9.84 Å². The molecule has 4 heterocycles. The summed E-state index contributed by atoms with van der Waals surface area (Å²) < 4.78 is 27.4. The fourth-order valence-electron chi connectivity index (χ4n) is 4.11. The van der Waals surface area contributed by atoms with Crippen LogP contribution >= 0.6 is 0 Å². The summed E-state index contributed by atoms with van der Waals surface area (Å²) in [5, 5.41) is 12.1. The van der Waals surface area contributed by atoms with Crippen molar-refractivity contribution in [2.24, 2.45) is 0 Å². The van der Waals surface area contributed by atoms with Crippen LogP contribution in [0.4, 0.5) is 5.82 Å².